The molecule has 1 aromatic heterocycles. The van der Waals surface area contributed by atoms with Crippen molar-refractivity contribution in [1.82, 2.24) is 10.2 Å². The second-order valence-corrected chi connectivity index (χ2v) is 6.57. The Morgan fingerprint density at radius 3 is 1.74 bits per heavy atom. The zero-order valence-corrected chi connectivity index (χ0v) is 13.7. The van der Waals surface area contributed by atoms with Crippen LogP contribution < -0.4 is 0 Å². The minimum absolute atomic E-state index is 0.130. The van der Waals surface area contributed by atoms with Crippen molar-refractivity contribution >= 4 is 6.08 Å². The van der Waals surface area contributed by atoms with Gasteiger partial charge in [0.2, 0.25) is 11.8 Å². The smallest absolute Gasteiger partial charge is 0.248 e. The molecule has 3 rings (SSSR count). The Kier molecular flexibility index (Phi) is 3.87. The maximum Gasteiger partial charge on any atom is 0.248 e. The van der Waals surface area contributed by atoms with Gasteiger partial charge in [0.15, 0.2) is 0 Å². The van der Waals surface area contributed by atoms with Gasteiger partial charge in [-0.05, 0) is 40.8 Å². The van der Waals surface area contributed by atoms with Crippen LogP contribution in [-0.2, 0) is 5.41 Å². The molecule has 0 aliphatic heterocycles. The molecule has 0 bridgehead atoms. The van der Waals surface area contributed by atoms with Crippen molar-refractivity contribution in [2.45, 2.75) is 26.2 Å². The predicted octanol–water partition coefficient (Wildman–Crippen LogP) is 5.34. The molecule has 0 amide bonds. The number of rotatable bonds is 3. The average Bonchev–Trinajstić information content (AvgIpc) is 3.04. The first kappa shape index (κ1) is 15.2. The molecule has 0 spiro atoms. The van der Waals surface area contributed by atoms with Crippen molar-refractivity contribution in [3.63, 3.8) is 0 Å². The highest BCUT2D eigenvalue weighted by Crippen LogP contribution is 2.27. The molecule has 0 N–H and O–H groups in total. The summed E-state index contributed by atoms with van der Waals surface area (Å²) < 4.78 is 5.81. The van der Waals surface area contributed by atoms with Gasteiger partial charge in [0.25, 0.3) is 0 Å². The Morgan fingerprint density at radius 2 is 1.30 bits per heavy atom. The summed E-state index contributed by atoms with van der Waals surface area (Å²) in [7, 11) is 0. The van der Waals surface area contributed by atoms with Crippen LogP contribution in [0.15, 0.2) is 59.5 Å². The van der Waals surface area contributed by atoms with E-state index in [1.54, 1.807) is 6.08 Å². The molecule has 0 aliphatic carbocycles. The summed E-state index contributed by atoms with van der Waals surface area (Å²) in [5, 5.41) is 8.31. The number of aromatic nitrogens is 2. The number of nitrogens with zero attached hydrogens (tertiary/aromatic N) is 2. The lowest BCUT2D eigenvalue weighted by Crippen LogP contribution is -2.10. The van der Waals surface area contributed by atoms with Gasteiger partial charge in [-0.1, -0.05) is 57.7 Å². The topological polar surface area (TPSA) is 38.9 Å². The lowest BCUT2D eigenvalue weighted by Gasteiger charge is -2.18. The second kappa shape index (κ2) is 5.84. The van der Waals surface area contributed by atoms with E-state index in [9.17, 15) is 0 Å². The first-order valence-electron chi connectivity index (χ1n) is 7.65. The summed E-state index contributed by atoms with van der Waals surface area (Å²) in [5.74, 6) is 1.06. The summed E-state index contributed by atoms with van der Waals surface area (Å²) in [6.07, 6.45) is 1.81. The van der Waals surface area contributed by atoms with Crippen LogP contribution in [0.3, 0.4) is 0 Å². The van der Waals surface area contributed by atoms with Gasteiger partial charge in [0.05, 0.1) is 0 Å². The second-order valence-electron chi connectivity index (χ2n) is 6.57. The van der Waals surface area contributed by atoms with E-state index in [-0.39, 0.29) is 5.41 Å². The Labute approximate surface area is 136 Å². The zero-order chi connectivity index (χ0) is 16.4. The highest BCUT2D eigenvalue weighted by molar-refractivity contribution is 5.60. The van der Waals surface area contributed by atoms with Crippen LogP contribution in [0.1, 0.15) is 31.9 Å². The van der Waals surface area contributed by atoms with Gasteiger partial charge in [-0.3, -0.25) is 0 Å². The van der Waals surface area contributed by atoms with Gasteiger partial charge in [0, 0.05) is 11.1 Å². The van der Waals surface area contributed by atoms with Crippen LogP contribution in [0, 0.1) is 0 Å². The van der Waals surface area contributed by atoms with Crippen molar-refractivity contribution in [3.05, 3.63) is 66.2 Å². The normalized spacial score (nSPS) is 11.4. The lowest BCUT2D eigenvalue weighted by atomic mass is 9.87. The molecular weight excluding hydrogens is 284 g/mol. The average molecular weight is 304 g/mol. The molecule has 0 unspecified atom stereocenters. The fourth-order valence-electron chi connectivity index (χ4n) is 2.33. The fourth-order valence-corrected chi connectivity index (χ4v) is 2.33. The molecule has 2 aromatic carbocycles. The summed E-state index contributed by atoms with van der Waals surface area (Å²) in [5.41, 5.74) is 4.30. The SMILES string of the molecule is C=Cc1ccc(-c2nnc(-c3ccc(C(C)(C)C)cc3)o2)cc1. The van der Waals surface area contributed by atoms with Gasteiger partial charge >= 0.3 is 0 Å². The van der Waals surface area contributed by atoms with E-state index in [1.807, 2.05) is 36.4 Å². The van der Waals surface area contributed by atoms with Crippen molar-refractivity contribution in [1.29, 1.82) is 0 Å². The lowest BCUT2D eigenvalue weighted by molar-refractivity contribution is 0.582. The van der Waals surface area contributed by atoms with Gasteiger partial charge in [0.1, 0.15) is 0 Å². The van der Waals surface area contributed by atoms with E-state index < -0.39 is 0 Å². The summed E-state index contributed by atoms with van der Waals surface area (Å²) >= 11 is 0. The first-order chi connectivity index (χ1) is 11.0. The minimum Gasteiger partial charge on any atom is -0.416 e. The van der Waals surface area contributed by atoms with Crippen LogP contribution in [0.25, 0.3) is 29.0 Å². The molecule has 0 saturated carbocycles. The Bertz CT molecular complexity index is 806. The molecule has 0 radical (unpaired) electrons. The van der Waals surface area contributed by atoms with Crippen molar-refractivity contribution in [2.24, 2.45) is 0 Å². The molecule has 23 heavy (non-hydrogen) atoms. The van der Waals surface area contributed by atoms with Crippen LogP contribution in [-0.4, -0.2) is 10.2 Å². The molecule has 116 valence electrons. The van der Waals surface area contributed by atoms with Crippen LogP contribution in [0.4, 0.5) is 0 Å². The van der Waals surface area contributed by atoms with Gasteiger partial charge in [-0.25, -0.2) is 0 Å². The van der Waals surface area contributed by atoms with Crippen molar-refractivity contribution < 1.29 is 4.42 Å². The molecule has 0 atom stereocenters. The highest BCUT2D eigenvalue weighted by atomic mass is 16.4. The van der Waals surface area contributed by atoms with Gasteiger partial charge in [-0.2, -0.15) is 0 Å². The fraction of sp³-hybridized carbons (Fsp3) is 0.200. The predicted molar refractivity (Wildman–Crippen MR) is 94.0 cm³/mol. The van der Waals surface area contributed by atoms with E-state index in [4.69, 9.17) is 4.42 Å². The van der Waals surface area contributed by atoms with Crippen LogP contribution >= 0.6 is 0 Å². The van der Waals surface area contributed by atoms with Crippen molar-refractivity contribution in [2.75, 3.05) is 0 Å². The summed E-state index contributed by atoms with van der Waals surface area (Å²) in [6.45, 7) is 10.3. The van der Waals surface area contributed by atoms with E-state index >= 15 is 0 Å². The van der Waals surface area contributed by atoms with Gasteiger partial charge in [-0.15, -0.1) is 10.2 Å². The molecule has 0 saturated heterocycles. The van der Waals surface area contributed by atoms with Crippen LogP contribution in [0.5, 0.6) is 0 Å². The largest absolute Gasteiger partial charge is 0.416 e. The van der Waals surface area contributed by atoms with Crippen molar-refractivity contribution in [3.8, 4) is 22.9 Å². The van der Waals surface area contributed by atoms with E-state index in [0.29, 0.717) is 11.8 Å². The maximum atomic E-state index is 5.81. The monoisotopic (exact) mass is 304 g/mol. The van der Waals surface area contributed by atoms with E-state index in [2.05, 4.69) is 49.7 Å². The molecule has 0 aliphatic rings. The number of hydrogen-bond acceptors (Lipinski definition) is 3. The highest BCUT2D eigenvalue weighted by Gasteiger charge is 2.15. The first-order valence-corrected chi connectivity index (χ1v) is 7.65. The quantitative estimate of drug-likeness (QED) is 0.655. The Balaban J connectivity index is 1.87. The number of benzene rings is 2. The third-order valence-electron chi connectivity index (χ3n) is 3.82. The Hall–Kier alpha value is -2.68. The maximum absolute atomic E-state index is 5.81. The molecule has 3 heteroatoms. The third-order valence-corrected chi connectivity index (χ3v) is 3.82. The third kappa shape index (κ3) is 3.24. The minimum atomic E-state index is 0.130. The standard InChI is InChI=1S/C20H20N2O/c1-5-14-6-8-15(9-7-14)18-21-22-19(23-18)16-10-12-17(13-11-16)20(2,3)4/h5-13H,1H2,2-4H3. The summed E-state index contributed by atoms with van der Waals surface area (Å²) in [4.78, 5) is 0. The van der Waals surface area contributed by atoms with E-state index in [1.165, 1.54) is 5.56 Å². The zero-order valence-electron chi connectivity index (χ0n) is 13.7. The molecule has 1 heterocycles. The summed E-state index contributed by atoms with van der Waals surface area (Å²) in [6, 6.07) is 16.1. The molecule has 3 aromatic rings. The van der Waals surface area contributed by atoms with Gasteiger partial charge < -0.3 is 4.42 Å². The molecule has 3 nitrogen and oxygen atoms in total. The molecule has 0 fully saturated rings. The Morgan fingerprint density at radius 1 is 0.826 bits per heavy atom. The van der Waals surface area contributed by atoms with Crippen LogP contribution in [0.2, 0.25) is 0 Å². The van der Waals surface area contributed by atoms with E-state index in [0.717, 1.165) is 16.7 Å². The molecular formula is C20H20N2O. The number of hydrogen-bond donors (Lipinski definition) is 0.